The Labute approximate surface area is 113 Å². The van der Waals surface area contributed by atoms with Crippen molar-refractivity contribution in [2.75, 3.05) is 11.4 Å². The van der Waals surface area contributed by atoms with Crippen molar-refractivity contribution in [3.8, 4) is 6.07 Å². The van der Waals surface area contributed by atoms with Gasteiger partial charge < -0.3 is 4.90 Å². The summed E-state index contributed by atoms with van der Waals surface area (Å²) in [5.41, 5.74) is 1.76. The van der Waals surface area contributed by atoms with Gasteiger partial charge in [-0.1, -0.05) is 18.0 Å². The van der Waals surface area contributed by atoms with Crippen LogP contribution >= 0.6 is 11.6 Å². The number of nitriles is 1. The van der Waals surface area contributed by atoms with Crippen molar-refractivity contribution in [2.45, 2.75) is 38.1 Å². The zero-order chi connectivity index (χ0) is 12.5. The lowest BCUT2D eigenvalue weighted by molar-refractivity contribution is 0.362. The normalized spacial score (nSPS) is 26.8. The fraction of sp³-hybridized carbons (Fsp3) is 0.533. The lowest BCUT2D eigenvalue weighted by Gasteiger charge is -2.39. The van der Waals surface area contributed by atoms with Crippen molar-refractivity contribution in [3.63, 3.8) is 0 Å². The molecule has 0 bridgehead atoms. The summed E-state index contributed by atoms with van der Waals surface area (Å²) in [5.74, 6) is 0.869. The van der Waals surface area contributed by atoms with Gasteiger partial charge in [-0.3, -0.25) is 0 Å². The fourth-order valence-electron chi connectivity index (χ4n) is 3.55. The van der Waals surface area contributed by atoms with Crippen LogP contribution in [0.4, 0.5) is 5.69 Å². The molecule has 1 heterocycles. The van der Waals surface area contributed by atoms with Gasteiger partial charge in [-0.25, -0.2) is 0 Å². The second-order valence-electron chi connectivity index (χ2n) is 5.37. The van der Waals surface area contributed by atoms with E-state index in [2.05, 4.69) is 11.0 Å². The minimum atomic E-state index is 0.570. The van der Waals surface area contributed by atoms with E-state index < -0.39 is 0 Å². The Bertz CT molecular complexity index is 492. The van der Waals surface area contributed by atoms with Crippen LogP contribution in [0.25, 0.3) is 0 Å². The predicted octanol–water partition coefficient (Wildman–Crippen LogP) is 3.98. The number of nitrogens with zero attached hydrogens (tertiary/aromatic N) is 2. The number of hydrogen-bond donors (Lipinski definition) is 0. The zero-order valence-electron chi connectivity index (χ0n) is 10.4. The van der Waals surface area contributed by atoms with Crippen LogP contribution in [0.1, 0.15) is 37.7 Å². The molecule has 3 heteroatoms. The largest absolute Gasteiger partial charge is 0.368 e. The molecule has 1 aliphatic heterocycles. The maximum atomic E-state index is 8.92. The molecule has 2 nitrogen and oxygen atoms in total. The lowest BCUT2D eigenvalue weighted by Crippen LogP contribution is -2.42. The second kappa shape index (κ2) is 4.82. The van der Waals surface area contributed by atoms with Crippen LogP contribution in [-0.4, -0.2) is 12.6 Å². The zero-order valence-corrected chi connectivity index (χ0v) is 11.2. The average Bonchev–Trinajstić information content (AvgIpc) is 2.86. The maximum absolute atomic E-state index is 8.92. The monoisotopic (exact) mass is 260 g/mol. The highest BCUT2D eigenvalue weighted by Crippen LogP contribution is 2.39. The Balaban J connectivity index is 1.90. The van der Waals surface area contributed by atoms with Gasteiger partial charge in [-0.15, -0.1) is 0 Å². The first-order chi connectivity index (χ1) is 8.79. The number of rotatable bonds is 1. The van der Waals surface area contributed by atoms with Crippen molar-refractivity contribution in [1.82, 2.24) is 0 Å². The van der Waals surface area contributed by atoms with Crippen molar-refractivity contribution in [2.24, 2.45) is 5.92 Å². The SMILES string of the molecule is N#Cc1ccc(N2CCCC3CCCC32)cc1Cl. The highest BCUT2D eigenvalue weighted by Gasteiger charge is 2.35. The molecule has 2 unspecified atom stereocenters. The van der Waals surface area contributed by atoms with E-state index in [9.17, 15) is 0 Å². The molecule has 0 spiro atoms. The number of fused-ring (bicyclic) bond motifs is 1. The van der Waals surface area contributed by atoms with E-state index in [1.165, 1.54) is 37.8 Å². The summed E-state index contributed by atoms with van der Waals surface area (Å²) < 4.78 is 0. The molecule has 0 N–H and O–H groups in total. The van der Waals surface area contributed by atoms with Gasteiger partial charge in [0, 0.05) is 18.3 Å². The Morgan fingerprint density at radius 2 is 2.06 bits per heavy atom. The van der Waals surface area contributed by atoms with Crippen LogP contribution in [0.2, 0.25) is 5.02 Å². The number of halogens is 1. The van der Waals surface area contributed by atoms with Crippen molar-refractivity contribution < 1.29 is 0 Å². The van der Waals surface area contributed by atoms with E-state index in [4.69, 9.17) is 16.9 Å². The molecule has 3 rings (SSSR count). The third-order valence-electron chi connectivity index (χ3n) is 4.40. The number of benzene rings is 1. The Morgan fingerprint density at radius 3 is 2.83 bits per heavy atom. The smallest absolute Gasteiger partial charge is 0.101 e. The molecule has 2 atom stereocenters. The number of piperidine rings is 1. The Hall–Kier alpha value is -1.20. The third-order valence-corrected chi connectivity index (χ3v) is 4.71. The summed E-state index contributed by atoms with van der Waals surface area (Å²) in [6.45, 7) is 1.13. The van der Waals surface area contributed by atoms with E-state index in [0.29, 0.717) is 16.6 Å². The maximum Gasteiger partial charge on any atom is 0.101 e. The van der Waals surface area contributed by atoms with Gasteiger partial charge in [0.05, 0.1) is 10.6 Å². The van der Waals surface area contributed by atoms with Crippen LogP contribution in [0.15, 0.2) is 18.2 Å². The summed E-state index contributed by atoms with van der Waals surface area (Å²) in [7, 11) is 0. The number of anilines is 1. The van der Waals surface area contributed by atoms with Gasteiger partial charge in [0.2, 0.25) is 0 Å². The first-order valence-electron chi connectivity index (χ1n) is 6.76. The minimum absolute atomic E-state index is 0.570. The summed E-state index contributed by atoms with van der Waals surface area (Å²) in [5, 5.41) is 9.50. The van der Waals surface area contributed by atoms with Crippen LogP contribution < -0.4 is 4.90 Å². The second-order valence-corrected chi connectivity index (χ2v) is 5.78. The molecule has 94 valence electrons. The highest BCUT2D eigenvalue weighted by molar-refractivity contribution is 6.32. The standard InChI is InChI=1S/C15H17ClN2/c16-14-9-13(7-6-12(14)10-17)18-8-2-4-11-3-1-5-15(11)18/h6-7,9,11,15H,1-5,8H2. The summed E-state index contributed by atoms with van der Waals surface area (Å²) in [6, 6.07) is 8.67. The Morgan fingerprint density at radius 1 is 1.22 bits per heavy atom. The lowest BCUT2D eigenvalue weighted by atomic mass is 9.91. The van der Waals surface area contributed by atoms with E-state index in [1.54, 1.807) is 0 Å². The van der Waals surface area contributed by atoms with Crippen molar-refractivity contribution >= 4 is 17.3 Å². The molecule has 1 saturated carbocycles. The molecule has 1 aliphatic carbocycles. The minimum Gasteiger partial charge on any atom is -0.368 e. The van der Waals surface area contributed by atoms with E-state index in [1.807, 2.05) is 18.2 Å². The molecule has 0 aromatic heterocycles. The molecule has 1 aromatic rings. The summed E-state index contributed by atoms with van der Waals surface area (Å²) in [4.78, 5) is 2.51. The molecule has 18 heavy (non-hydrogen) atoms. The van der Waals surface area contributed by atoms with Crippen LogP contribution in [-0.2, 0) is 0 Å². The van der Waals surface area contributed by atoms with Gasteiger partial charge in [0.15, 0.2) is 0 Å². The fourth-order valence-corrected chi connectivity index (χ4v) is 3.76. The molecule has 1 saturated heterocycles. The van der Waals surface area contributed by atoms with Crippen molar-refractivity contribution in [3.05, 3.63) is 28.8 Å². The first-order valence-corrected chi connectivity index (χ1v) is 7.13. The van der Waals surface area contributed by atoms with Gasteiger partial charge >= 0.3 is 0 Å². The topological polar surface area (TPSA) is 27.0 Å². The molecular formula is C15H17ClN2. The van der Waals surface area contributed by atoms with Gasteiger partial charge in [-0.2, -0.15) is 5.26 Å². The van der Waals surface area contributed by atoms with E-state index in [0.717, 1.165) is 12.5 Å². The molecule has 0 amide bonds. The molecule has 2 fully saturated rings. The predicted molar refractivity (Wildman–Crippen MR) is 73.9 cm³/mol. The third kappa shape index (κ3) is 1.97. The molecular weight excluding hydrogens is 244 g/mol. The first kappa shape index (κ1) is 11.9. The van der Waals surface area contributed by atoms with Gasteiger partial charge in [0.1, 0.15) is 6.07 Å². The molecule has 2 aliphatic rings. The highest BCUT2D eigenvalue weighted by atomic mass is 35.5. The number of hydrogen-bond acceptors (Lipinski definition) is 2. The van der Waals surface area contributed by atoms with Crippen LogP contribution in [0.3, 0.4) is 0 Å². The molecule has 1 aromatic carbocycles. The van der Waals surface area contributed by atoms with Crippen LogP contribution in [0.5, 0.6) is 0 Å². The summed E-state index contributed by atoms with van der Waals surface area (Å²) >= 11 is 6.14. The van der Waals surface area contributed by atoms with Crippen molar-refractivity contribution in [1.29, 1.82) is 5.26 Å². The van der Waals surface area contributed by atoms with Gasteiger partial charge in [0.25, 0.3) is 0 Å². The van der Waals surface area contributed by atoms with E-state index in [-0.39, 0.29) is 0 Å². The van der Waals surface area contributed by atoms with Crippen LogP contribution in [0, 0.1) is 17.2 Å². The summed E-state index contributed by atoms with van der Waals surface area (Å²) in [6.07, 6.45) is 6.70. The van der Waals surface area contributed by atoms with Gasteiger partial charge in [-0.05, 0) is 49.8 Å². The van der Waals surface area contributed by atoms with E-state index >= 15 is 0 Å². The Kier molecular flexibility index (Phi) is 3.18. The quantitative estimate of drug-likeness (QED) is 0.764. The average molecular weight is 261 g/mol. The molecule has 0 radical (unpaired) electrons.